The second kappa shape index (κ2) is 8.21. The number of benzene rings is 3. The molecule has 0 aliphatic heterocycles. The number of carbonyl (C=O) groups is 1. The SMILES string of the molecule is CC(NSC(c1ccccc1)(c1ccccc1)c1ccccc1)C(=O)O. The third-order valence-electron chi connectivity index (χ3n) is 4.30. The summed E-state index contributed by atoms with van der Waals surface area (Å²) in [6.07, 6.45) is 0. The van der Waals surface area contributed by atoms with E-state index in [0.717, 1.165) is 16.7 Å². The van der Waals surface area contributed by atoms with E-state index in [0.29, 0.717) is 0 Å². The zero-order chi connectivity index (χ0) is 18.4. The Bertz CT molecular complexity index is 741. The molecule has 0 saturated carbocycles. The highest BCUT2D eigenvalue weighted by Crippen LogP contribution is 2.47. The molecule has 0 spiro atoms. The third-order valence-corrected chi connectivity index (χ3v) is 5.78. The van der Waals surface area contributed by atoms with Crippen LogP contribution in [0.3, 0.4) is 0 Å². The molecule has 3 nitrogen and oxygen atoms in total. The van der Waals surface area contributed by atoms with Gasteiger partial charge in [0, 0.05) is 0 Å². The average molecular weight is 363 g/mol. The molecule has 0 aliphatic rings. The summed E-state index contributed by atoms with van der Waals surface area (Å²) >= 11 is 1.43. The molecule has 0 aliphatic carbocycles. The molecule has 0 saturated heterocycles. The highest BCUT2D eigenvalue weighted by Gasteiger charge is 2.38. The second-order valence-electron chi connectivity index (χ2n) is 6.06. The Morgan fingerprint density at radius 1 is 0.808 bits per heavy atom. The van der Waals surface area contributed by atoms with Crippen molar-refractivity contribution in [2.45, 2.75) is 17.7 Å². The lowest BCUT2D eigenvalue weighted by atomic mass is 9.84. The first-order valence-corrected chi connectivity index (χ1v) is 9.29. The number of carboxylic acids is 1. The van der Waals surface area contributed by atoms with Gasteiger partial charge in [0.05, 0.1) is 0 Å². The monoisotopic (exact) mass is 363 g/mol. The lowest BCUT2D eigenvalue weighted by Gasteiger charge is -2.35. The number of hydrogen-bond donors (Lipinski definition) is 2. The molecule has 1 atom stereocenters. The molecule has 3 rings (SSSR count). The normalized spacial score (nSPS) is 12.5. The van der Waals surface area contributed by atoms with Crippen molar-refractivity contribution >= 4 is 17.9 Å². The molecule has 26 heavy (non-hydrogen) atoms. The smallest absolute Gasteiger partial charge is 0.321 e. The van der Waals surface area contributed by atoms with Gasteiger partial charge in [-0.05, 0) is 23.6 Å². The molecular formula is C22H21NO2S. The van der Waals surface area contributed by atoms with E-state index in [4.69, 9.17) is 0 Å². The first-order chi connectivity index (χ1) is 12.6. The van der Waals surface area contributed by atoms with Crippen LogP contribution in [-0.2, 0) is 9.54 Å². The van der Waals surface area contributed by atoms with Gasteiger partial charge in [0.2, 0.25) is 0 Å². The summed E-state index contributed by atoms with van der Waals surface area (Å²) in [6, 6.07) is 29.9. The van der Waals surface area contributed by atoms with Gasteiger partial charge in [0.15, 0.2) is 0 Å². The summed E-state index contributed by atoms with van der Waals surface area (Å²) in [7, 11) is 0. The van der Waals surface area contributed by atoms with Gasteiger partial charge in [-0.3, -0.25) is 4.79 Å². The van der Waals surface area contributed by atoms with E-state index in [1.165, 1.54) is 11.9 Å². The van der Waals surface area contributed by atoms with Gasteiger partial charge in [-0.2, -0.15) is 0 Å². The van der Waals surface area contributed by atoms with Crippen molar-refractivity contribution < 1.29 is 9.90 Å². The Labute approximate surface area is 158 Å². The van der Waals surface area contributed by atoms with Gasteiger partial charge in [0.25, 0.3) is 0 Å². The molecule has 3 aromatic carbocycles. The summed E-state index contributed by atoms with van der Waals surface area (Å²) < 4.78 is 2.57. The van der Waals surface area contributed by atoms with E-state index in [1.54, 1.807) is 6.92 Å². The number of nitrogens with one attached hydrogen (secondary N) is 1. The molecular weight excluding hydrogens is 342 g/mol. The van der Waals surface area contributed by atoms with E-state index in [9.17, 15) is 9.90 Å². The highest BCUT2D eigenvalue weighted by atomic mass is 32.2. The number of aliphatic carboxylic acids is 1. The second-order valence-corrected chi connectivity index (χ2v) is 7.11. The van der Waals surface area contributed by atoms with Crippen LogP contribution < -0.4 is 4.72 Å². The van der Waals surface area contributed by atoms with E-state index < -0.39 is 16.8 Å². The van der Waals surface area contributed by atoms with Crippen LogP contribution in [0.2, 0.25) is 0 Å². The van der Waals surface area contributed by atoms with Crippen molar-refractivity contribution in [2.75, 3.05) is 0 Å². The number of rotatable bonds is 7. The first-order valence-electron chi connectivity index (χ1n) is 8.47. The molecule has 2 N–H and O–H groups in total. The van der Waals surface area contributed by atoms with Crippen LogP contribution in [0.5, 0.6) is 0 Å². The van der Waals surface area contributed by atoms with E-state index in [-0.39, 0.29) is 0 Å². The summed E-state index contributed by atoms with van der Waals surface area (Å²) in [5.74, 6) is -0.874. The molecule has 1 unspecified atom stereocenters. The van der Waals surface area contributed by atoms with Crippen molar-refractivity contribution in [3.63, 3.8) is 0 Å². The predicted molar refractivity (Wildman–Crippen MR) is 107 cm³/mol. The van der Waals surface area contributed by atoms with Crippen molar-refractivity contribution in [1.82, 2.24) is 4.72 Å². The van der Waals surface area contributed by atoms with Crippen LogP contribution in [0.15, 0.2) is 91.0 Å². The molecule has 0 amide bonds. The summed E-state index contributed by atoms with van der Waals surface area (Å²) in [5.41, 5.74) is 3.27. The molecule has 4 heteroatoms. The van der Waals surface area contributed by atoms with Crippen molar-refractivity contribution in [1.29, 1.82) is 0 Å². The fraction of sp³-hybridized carbons (Fsp3) is 0.136. The minimum Gasteiger partial charge on any atom is -0.480 e. The van der Waals surface area contributed by atoms with Gasteiger partial charge in [-0.25, -0.2) is 4.72 Å². The fourth-order valence-electron chi connectivity index (χ4n) is 2.92. The molecule has 132 valence electrons. The Kier molecular flexibility index (Phi) is 5.76. The Morgan fingerprint density at radius 3 is 1.46 bits per heavy atom. The molecule has 0 radical (unpaired) electrons. The van der Waals surface area contributed by atoms with E-state index >= 15 is 0 Å². The van der Waals surface area contributed by atoms with Crippen LogP contribution in [0.1, 0.15) is 23.6 Å². The van der Waals surface area contributed by atoms with Crippen molar-refractivity contribution in [3.05, 3.63) is 108 Å². The van der Waals surface area contributed by atoms with Crippen LogP contribution in [0.25, 0.3) is 0 Å². The fourth-order valence-corrected chi connectivity index (χ4v) is 4.14. The molecule has 3 aromatic rings. The largest absolute Gasteiger partial charge is 0.480 e. The lowest BCUT2D eigenvalue weighted by Crippen LogP contribution is -2.36. The van der Waals surface area contributed by atoms with Crippen LogP contribution >= 0.6 is 11.9 Å². The Hall–Kier alpha value is -2.56. The summed E-state index contributed by atoms with van der Waals surface area (Å²) in [5, 5.41) is 9.31. The number of carboxylic acid groups (broad SMARTS) is 1. The minimum atomic E-state index is -0.874. The summed E-state index contributed by atoms with van der Waals surface area (Å²) in [6.45, 7) is 1.65. The van der Waals surface area contributed by atoms with E-state index in [2.05, 4.69) is 41.1 Å². The molecule has 0 heterocycles. The van der Waals surface area contributed by atoms with Gasteiger partial charge in [-0.15, -0.1) is 0 Å². The summed E-state index contributed by atoms with van der Waals surface area (Å²) in [4.78, 5) is 11.3. The van der Waals surface area contributed by atoms with Crippen LogP contribution in [-0.4, -0.2) is 17.1 Å². The zero-order valence-corrected chi connectivity index (χ0v) is 15.3. The third kappa shape index (κ3) is 3.66. The van der Waals surface area contributed by atoms with Crippen molar-refractivity contribution in [2.24, 2.45) is 0 Å². The molecule has 0 aromatic heterocycles. The maximum Gasteiger partial charge on any atom is 0.321 e. The maximum absolute atomic E-state index is 11.3. The number of hydrogen-bond acceptors (Lipinski definition) is 3. The predicted octanol–water partition coefficient (Wildman–Crippen LogP) is 4.69. The average Bonchev–Trinajstić information content (AvgIpc) is 2.70. The van der Waals surface area contributed by atoms with E-state index in [1.807, 2.05) is 54.6 Å². The van der Waals surface area contributed by atoms with Gasteiger partial charge in [0.1, 0.15) is 10.8 Å². The first kappa shape index (κ1) is 18.2. The maximum atomic E-state index is 11.3. The quantitative estimate of drug-likeness (QED) is 0.472. The van der Waals surface area contributed by atoms with Gasteiger partial charge >= 0.3 is 5.97 Å². The van der Waals surface area contributed by atoms with Crippen LogP contribution in [0, 0.1) is 0 Å². The standard InChI is InChI=1S/C22H21NO2S/c1-17(21(24)25)23-26-22(18-11-5-2-6-12-18,19-13-7-3-8-14-19)20-15-9-4-10-16-20/h2-17,23H,1H3,(H,24,25). The highest BCUT2D eigenvalue weighted by molar-refractivity contribution is 7.98. The lowest BCUT2D eigenvalue weighted by molar-refractivity contribution is -0.138. The van der Waals surface area contributed by atoms with Gasteiger partial charge in [-0.1, -0.05) is 103 Å². The minimum absolute atomic E-state index is 0.562. The Balaban J connectivity index is 2.19. The van der Waals surface area contributed by atoms with Crippen LogP contribution in [0.4, 0.5) is 0 Å². The van der Waals surface area contributed by atoms with Gasteiger partial charge < -0.3 is 5.11 Å². The molecule has 0 bridgehead atoms. The van der Waals surface area contributed by atoms with Crippen molar-refractivity contribution in [3.8, 4) is 0 Å². The zero-order valence-electron chi connectivity index (χ0n) is 14.5. The molecule has 0 fully saturated rings. The Morgan fingerprint density at radius 2 is 1.15 bits per heavy atom. The topological polar surface area (TPSA) is 49.3 Å².